The molecule has 0 radical (unpaired) electrons. The smallest absolute Gasteiger partial charge is 0.191 e. The van der Waals surface area contributed by atoms with E-state index in [1.165, 1.54) is 12.1 Å². The second-order valence-electron chi connectivity index (χ2n) is 8.20. The summed E-state index contributed by atoms with van der Waals surface area (Å²) in [5, 5.41) is 16.4. The fraction of sp³-hybridized carbons (Fsp3) is 0.696. The molecule has 1 aliphatic rings. The lowest BCUT2D eigenvalue weighted by molar-refractivity contribution is 0.175. The summed E-state index contributed by atoms with van der Waals surface area (Å²) >= 11 is 0. The van der Waals surface area contributed by atoms with Gasteiger partial charge in [-0.25, -0.2) is 4.39 Å². The summed E-state index contributed by atoms with van der Waals surface area (Å²) < 4.78 is 13.1. The molecule has 0 unspecified atom stereocenters. The lowest BCUT2D eigenvalue weighted by Gasteiger charge is -2.34. The molecule has 164 valence electrons. The zero-order valence-corrected chi connectivity index (χ0v) is 18.4. The molecule has 0 aromatic heterocycles. The molecule has 3 N–H and O–H groups in total. The van der Waals surface area contributed by atoms with Crippen LogP contribution in [0.15, 0.2) is 29.3 Å². The van der Waals surface area contributed by atoms with Crippen LogP contribution in [0.2, 0.25) is 0 Å². The number of benzene rings is 1. The molecule has 1 aromatic rings. The highest BCUT2D eigenvalue weighted by Crippen LogP contribution is 2.30. The van der Waals surface area contributed by atoms with Gasteiger partial charge in [0.1, 0.15) is 5.82 Å². The second-order valence-corrected chi connectivity index (χ2v) is 8.20. The van der Waals surface area contributed by atoms with E-state index in [1.54, 1.807) is 0 Å². The number of aliphatic imine (C=N–C) groups is 1. The third-order valence-electron chi connectivity index (χ3n) is 6.31. The van der Waals surface area contributed by atoms with E-state index < -0.39 is 0 Å². The number of aliphatic hydroxyl groups is 1. The van der Waals surface area contributed by atoms with Crippen molar-refractivity contribution in [2.24, 2.45) is 10.4 Å². The Labute approximate surface area is 175 Å². The number of aliphatic hydroxyl groups excluding tert-OH is 1. The fourth-order valence-corrected chi connectivity index (χ4v) is 3.99. The van der Waals surface area contributed by atoms with Crippen molar-refractivity contribution in [1.82, 2.24) is 15.5 Å². The van der Waals surface area contributed by atoms with Gasteiger partial charge < -0.3 is 15.7 Å². The summed E-state index contributed by atoms with van der Waals surface area (Å²) in [6, 6.07) is 7.22. The summed E-state index contributed by atoms with van der Waals surface area (Å²) in [7, 11) is 0. The molecule has 1 aliphatic heterocycles. The first-order valence-corrected chi connectivity index (χ1v) is 11.2. The molecule has 5 nitrogen and oxygen atoms in total. The number of hydrogen-bond donors (Lipinski definition) is 3. The highest BCUT2D eigenvalue weighted by molar-refractivity contribution is 5.80. The molecule has 0 saturated carbocycles. The third kappa shape index (κ3) is 7.59. The van der Waals surface area contributed by atoms with Gasteiger partial charge in [0.15, 0.2) is 5.96 Å². The van der Waals surface area contributed by atoms with Crippen LogP contribution in [0, 0.1) is 11.2 Å². The Morgan fingerprint density at radius 2 is 1.83 bits per heavy atom. The summed E-state index contributed by atoms with van der Waals surface area (Å²) in [5.41, 5.74) is 1.24. The van der Waals surface area contributed by atoms with Crippen LogP contribution in [-0.4, -0.2) is 54.8 Å². The van der Waals surface area contributed by atoms with Gasteiger partial charge in [-0.1, -0.05) is 26.0 Å². The normalized spacial score (nSPS) is 16.8. The summed E-state index contributed by atoms with van der Waals surface area (Å²) in [6.07, 6.45) is 4.97. The number of guanidine groups is 1. The Hall–Kier alpha value is -1.66. The molecule has 2 rings (SSSR count). The standard InChI is InChI=1S/C23H39FN4O/c1-4-23(5-2,13-16-29)18-26-22(25-6-3)27-21-11-14-28(15-12-21)17-19-7-9-20(24)10-8-19/h7-10,21,29H,4-6,11-18H2,1-3H3,(H2,25,26,27). The van der Waals surface area contributed by atoms with Crippen molar-refractivity contribution in [3.8, 4) is 0 Å². The number of rotatable bonds is 10. The Bertz CT molecular complexity index is 608. The molecule has 0 amide bonds. The van der Waals surface area contributed by atoms with Crippen molar-refractivity contribution >= 4 is 5.96 Å². The van der Waals surface area contributed by atoms with Crippen LogP contribution >= 0.6 is 0 Å². The average molecular weight is 407 g/mol. The van der Waals surface area contributed by atoms with Crippen molar-refractivity contribution in [3.05, 3.63) is 35.6 Å². The first-order valence-electron chi connectivity index (χ1n) is 11.2. The van der Waals surface area contributed by atoms with Crippen LogP contribution in [-0.2, 0) is 6.54 Å². The molecule has 0 atom stereocenters. The summed E-state index contributed by atoms with van der Waals surface area (Å²) in [5.74, 6) is 0.703. The van der Waals surface area contributed by atoms with Crippen LogP contribution in [0.25, 0.3) is 0 Å². The minimum absolute atomic E-state index is 0.0790. The Morgan fingerprint density at radius 3 is 2.38 bits per heavy atom. The summed E-state index contributed by atoms with van der Waals surface area (Å²) in [4.78, 5) is 7.30. The van der Waals surface area contributed by atoms with Crippen LogP contribution in [0.4, 0.5) is 4.39 Å². The first-order chi connectivity index (χ1) is 14.0. The van der Waals surface area contributed by atoms with E-state index in [4.69, 9.17) is 4.99 Å². The monoisotopic (exact) mass is 406 g/mol. The molecule has 1 aromatic carbocycles. The van der Waals surface area contributed by atoms with Gasteiger partial charge in [0, 0.05) is 45.4 Å². The topological polar surface area (TPSA) is 59.9 Å². The molecule has 1 saturated heterocycles. The maximum absolute atomic E-state index is 13.1. The van der Waals surface area contributed by atoms with Crippen molar-refractivity contribution < 1.29 is 9.50 Å². The van der Waals surface area contributed by atoms with Gasteiger partial charge in [-0.3, -0.25) is 9.89 Å². The molecular weight excluding hydrogens is 367 g/mol. The first kappa shape index (κ1) is 23.6. The van der Waals surface area contributed by atoms with Crippen molar-refractivity contribution in [3.63, 3.8) is 0 Å². The van der Waals surface area contributed by atoms with Crippen molar-refractivity contribution in [2.75, 3.05) is 32.8 Å². The van der Waals surface area contributed by atoms with Gasteiger partial charge in [0.25, 0.3) is 0 Å². The minimum atomic E-state index is -0.180. The van der Waals surface area contributed by atoms with E-state index in [-0.39, 0.29) is 17.8 Å². The maximum atomic E-state index is 13.1. The van der Waals surface area contributed by atoms with Gasteiger partial charge in [0.05, 0.1) is 0 Å². The van der Waals surface area contributed by atoms with Crippen LogP contribution in [0.5, 0.6) is 0 Å². The summed E-state index contributed by atoms with van der Waals surface area (Å²) in [6.45, 7) is 11.2. The Morgan fingerprint density at radius 1 is 1.17 bits per heavy atom. The quantitative estimate of drug-likeness (QED) is 0.411. The van der Waals surface area contributed by atoms with Gasteiger partial charge >= 0.3 is 0 Å². The van der Waals surface area contributed by atoms with E-state index in [2.05, 4.69) is 36.3 Å². The number of piperidine rings is 1. The lowest BCUT2D eigenvalue weighted by atomic mass is 9.79. The molecule has 0 bridgehead atoms. The predicted octanol–water partition coefficient (Wildman–Crippen LogP) is 3.53. The maximum Gasteiger partial charge on any atom is 0.191 e. The zero-order valence-electron chi connectivity index (χ0n) is 18.4. The van der Waals surface area contributed by atoms with E-state index in [0.29, 0.717) is 6.04 Å². The zero-order chi connectivity index (χ0) is 21.1. The number of halogens is 1. The number of likely N-dealkylation sites (tertiary alicyclic amines) is 1. The minimum Gasteiger partial charge on any atom is -0.396 e. The Balaban J connectivity index is 1.87. The van der Waals surface area contributed by atoms with E-state index >= 15 is 0 Å². The van der Waals surface area contributed by atoms with Crippen molar-refractivity contribution in [2.45, 2.75) is 65.5 Å². The van der Waals surface area contributed by atoms with E-state index in [1.807, 2.05) is 12.1 Å². The largest absolute Gasteiger partial charge is 0.396 e. The molecule has 29 heavy (non-hydrogen) atoms. The highest BCUT2D eigenvalue weighted by atomic mass is 19.1. The Kier molecular flexibility index (Phi) is 9.88. The molecule has 1 heterocycles. The number of nitrogens with zero attached hydrogens (tertiary/aromatic N) is 2. The molecular formula is C23H39FN4O. The fourth-order valence-electron chi connectivity index (χ4n) is 3.99. The van der Waals surface area contributed by atoms with E-state index in [9.17, 15) is 9.50 Å². The predicted molar refractivity (Wildman–Crippen MR) is 119 cm³/mol. The number of hydrogen-bond acceptors (Lipinski definition) is 3. The molecule has 1 fully saturated rings. The van der Waals surface area contributed by atoms with Crippen LogP contribution < -0.4 is 10.6 Å². The van der Waals surface area contributed by atoms with Crippen LogP contribution in [0.1, 0.15) is 58.4 Å². The SMILES string of the molecule is CCNC(=NCC(CC)(CC)CCO)NC1CCN(Cc2ccc(F)cc2)CC1. The van der Waals surface area contributed by atoms with Gasteiger partial charge in [-0.2, -0.15) is 0 Å². The molecule has 0 spiro atoms. The van der Waals surface area contributed by atoms with Gasteiger partial charge in [-0.15, -0.1) is 0 Å². The van der Waals surface area contributed by atoms with Crippen molar-refractivity contribution in [1.29, 1.82) is 0 Å². The number of nitrogens with one attached hydrogen (secondary N) is 2. The van der Waals surface area contributed by atoms with Gasteiger partial charge in [0.2, 0.25) is 0 Å². The highest BCUT2D eigenvalue weighted by Gasteiger charge is 2.26. The third-order valence-corrected chi connectivity index (χ3v) is 6.31. The van der Waals surface area contributed by atoms with Gasteiger partial charge in [-0.05, 0) is 62.1 Å². The molecule has 0 aliphatic carbocycles. The van der Waals surface area contributed by atoms with E-state index in [0.717, 1.165) is 76.4 Å². The molecule has 6 heteroatoms. The average Bonchev–Trinajstić information content (AvgIpc) is 2.74. The lowest BCUT2D eigenvalue weighted by Crippen LogP contribution is -2.48. The van der Waals surface area contributed by atoms with Crippen LogP contribution in [0.3, 0.4) is 0 Å². The second kappa shape index (κ2) is 12.1.